The van der Waals surface area contributed by atoms with Gasteiger partial charge in [0, 0.05) is 13.1 Å². The van der Waals surface area contributed by atoms with Crippen LogP contribution in [0.2, 0.25) is 0 Å². The van der Waals surface area contributed by atoms with Crippen LogP contribution in [0.25, 0.3) is 0 Å². The maximum atomic E-state index is 12.3. The molecule has 17 heavy (non-hydrogen) atoms. The highest BCUT2D eigenvalue weighted by atomic mass is 19.4. The summed E-state index contributed by atoms with van der Waals surface area (Å²) >= 11 is 0. The molecule has 0 saturated heterocycles. The SMILES string of the molecule is CCOC(=O)COc1cc(C(F)(F)F)nn1C. The zero-order valence-electron chi connectivity index (χ0n) is 9.24. The predicted octanol–water partition coefficient (Wildman–Crippen LogP) is 1.38. The van der Waals surface area contributed by atoms with Crippen molar-refractivity contribution in [3.05, 3.63) is 11.8 Å². The molecule has 0 unspecified atom stereocenters. The van der Waals surface area contributed by atoms with Crippen LogP contribution in [0, 0.1) is 0 Å². The van der Waals surface area contributed by atoms with Gasteiger partial charge in [0.15, 0.2) is 12.3 Å². The first-order valence-electron chi connectivity index (χ1n) is 4.74. The number of hydrogen-bond acceptors (Lipinski definition) is 4. The third-order valence-electron chi connectivity index (χ3n) is 1.77. The van der Waals surface area contributed by atoms with Crippen LogP contribution in [0.4, 0.5) is 13.2 Å². The number of ether oxygens (including phenoxy) is 2. The maximum Gasteiger partial charge on any atom is 0.435 e. The summed E-state index contributed by atoms with van der Waals surface area (Å²) < 4.78 is 47.2. The first kappa shape index (κ1) is 13.3. The number of alkyl halides is 3. The van der Waals surface area contributed by atoms with E-state index in [-0.39, 0.29) is 12.5 Å². The molecule has 0 amide bonds. The van der Waals surface area contributed by atoms with E-state index in [9.17, 15) is 18.0 Å². The molecule has 0 spiro atoms. The highest BCUT2D eigenvalue weighted by molar-refractivity contribution is 5.70. The van der Waals surface area contributed by atoms with Gasteiger partial charge >= 0.3 is 12.1 Å². The van der Waals surface area contributed by atoms with Crippen LogP contribution in [0.1, 0.15) is 12.6 Å². The van der Waals surface area contributed by atoms with Gasteiger partial charge in [0.05, 0.1) is 6.61 Å². The summed E-state index contributed by atoms with van der Waals surface area (Å²) in [5.74, 6) is -0.798. The fourth-order valence-electron chi connectivity index (χ4n) is 1.06. The van der Waals surface area contributed by atoms with E-state index in [0.29, 0.717) is 0 Å². The van der Waals surface area contributed by atoms with E-state index in [1.165, 1.54) is 7.05 Å². The summed E-state index contributed by atoms with van der Waals surface area (Å²) in [6.45, 7) is 1.34. The summed E-state index contributed by atoms with van der Waals surface area (Å²) in [4.78, 5) is 10.9. The molecule has 8 heteroatoms. The third kappa shape index (κ3) is 3.65. The first-order chi connectivity index (χ1) is 7.84. The number of aromatic nitrogens is 2. The number of halogens is 3. The van der Waals surface area contributed by atoms with E-state index in [2.05, 4.69) is 9.84 Å². The predicted molar refractivity (Wildman–Crippen MR) is 50.3 cm³/mol. The number of rotatable bonds is 4. The van der Waals surface area contributed by atoms with Crippen molar-refractivity contribution in [2.24, 2.45) is 7.05 Å². The van der Waals surface area contributed by atoms with E-state index >= 15 is 0 Å². The Morgan fingerprint density at radius 3 is 2.65 bits per heavy atom. The molecule has 0 N–H and O–H groups in total. The van der Waals surface area contributed by atoms with E-state index < -0.39 is 24.4 Å². The second-order valence-corrected chi connectivity index (χ2v) is 3.08. The Kier molecular flexibility index (Phi) is 3.97. The van der Waals surface area contributed by atoms with Gasteiger partial charge in [0.25, 0.3) is 0 Å². The molecule has 0 atom stereocenters. The van der Waals surface area contributed by atoms with Crippen molar-refractivity contribution in [1.29, 1.82) is 0 Å². The molecule has 0 aliphatic heterocycles. The Bertz CT molecular complexity index is 401. The molecule has 1 aromatic rings. The molecule has 5 nitrogen and oxygen atoms in total. The van der Waals surface area contributed by atoms with Gasteiger partial charge in [-0.15, -0.1) is 0 Å². The Balaban J connectivity index is 2.66. The van der Waals surface area contributed by atoms with Gasteiger partial charge < -0.3 is 9.47 Å². The van der Waals surface area contributed by atoms with Crippen LogP contribution in [-0.4, -0.2) is 29.0 Å². The minimum atomic E-state index is -4.54. The number of hydrogen-bond donors (Lipinski definition) is 0. The minimum absolute atomic E-state index is 0.148. The summed E-state index contributed by atoms with van der Waals surface area (Å²) in [5.41, 5.74) is -1.07. The van der Waals surface area contributed by atoms with Gasteiger partial charge in [-0.2, -0.15) is 18.3 Å². The minimum Gasteiger partial charge on any atom is -0.466 e. The first-order valence-corrected chi connectivity index (χ1v) is 4.74. The zero-order chi connectivity index (χ0) is 13.1. The lowest BCUT2D eigenvalue weighted by molar-refractivity contribution is -0.145. The second kappa shape index (κ2) is 5.07. The number of esters is 1. The lowest BCUT2D eigenvalue weighted by atomic mass is 10.4. The van der Waals surface area contributed by atoms with Crippen LogP contribution in [-0.2, 0) is 22.8 Å². The quantitative estimate of drug-likeness (QED) is 0.760. The fourth-order valence-corrected chi connectivity index (χ4v) is 1.06. The highest BCUT2D eigenvalue weighted by Gasteiger charge is 2.35. The molecular weight excluding hydrogens is 241 g/mol. The van der Waals surface area contributed by atoms with Gasteiger partial charge in [-0.1, -0.05) is 0 Å². The number of nitrogens with zero attached hydrogens (tertiary/aromatic N) is 2. The Morgan fingerprint density at radius 1 is 1.53 bits per heavy atom. The molecule has 0 aliphatic rings. The van der Waals surface area contributed by atoms with Crippen molar-refractivity contribution in [2.75, 3.05) is 13.2 Å². The van der Waals surface area contributed by atoms with Crippen molar-refractivity contribution in [3.8, 4) is 5.88 Å². The van der Waals surface area contributed by atoms with Gasteiger partial charge in [-0.25, -0.2) is 9.48 Å². The van der Waals surface area contributed by atoms with Crippen molar-refractivity contribution in [1.82, 2.24) is 9.78 Å². The number of carbonyl (C=O) groups excluding carboxylic acids is 1. The van der Waals surface area contributed by atoms with Crippen molar-refractivity contribution < 1.29 is 27.4 Å². The van der Waals surface area contributed by atoms with Crippen LogP contribution >= 0.6 is 0 Å². The molecule has 0 aliphatic carbocycles. The van der Waals surface area contributed by atoms with E-state index in [1.54, 1.807) is 6.92 Å². The zero-order valence-corrected chi connectivity index (χ0v) is 9.24. The van der Waals surface area contributed by atoms with E-state index in [1.807, 2.05) is 0 Å². The molecular formula is C9H11F3N2O3. The van der Waals surface area contributed by atoms with Crippen LogP contribution in [0.5, 0.6) is 5.88 Å². The Hall–Kier alpha value is -1.73. The second-order valence-electron chi connectivity index (χ2n) is 3.08. The van der Waals surface area contributed by atoms with Gasteiger partial charge in [0.1, 0.15) is 0 Å². The van der Waals surface area contributed by atoms with Gasteiger partial charge in [-0.05, 0) is 6.92 Å². The van der Waals surface area contributed by atoms with Gasteiger partial charge in [-0.3, -0.25) is 0 Å². The van der Waals surface area contributed by atoms with Crippen LogP contribution in [0.3, 0.4) is 0 Å². The Labute approximate surface area is 95.1 Å². The lowest BCUT2D eigenvalue weighted by Gasteiger charge is -2.04. The van der Waals surface area contributed by atoms with Crippen LogP contribution < -0.4 is 4.74 Å². The van der Waals surface area contributed by atoms with Crippen molar-refractivity contribution >= 4 is 5.97 Å². The summed E-state index contributed by atoms with van der Waals surface area (Å²) in [7, 11) is 1.29. The fraction of sp³-hybridized carbons (Fsp3) is 0.556. The van der Waals surface area contributed by atoms with Crippen LogP contribution in [0.15, 0.2) is 6.07 Å². The van der Waals surface area contributed by atoms with Gasteiger partial charge in [0.2, 0.25) is 5.88 Å². The molecule has 0 saturated carbocycles. The monoisotopic (exact) mass is 252 g/mol. The average molecular weight is 252 g/mol. The molecule has 0 fully saturated rings. The van der Waals surface area contributed by atoms with E-state index in [4.69, 9.17) is 4.74 Å². The summed E-state index contributed by atoms with van der Waals surface area (Å²) in [5, 5.41) is 3.22. The molecule has 0 bridgehead atoms. The summed E-state index contributed by atoms with van der Waals surface area (Å²) in [6, 6.07) is 0.721. The average Bonchev–Trinajstić information content (AvgIpc) is 2.57. The largest absolute Gasteiger partial charge is 0.466 e. The molecule has 96 valence electrons. The molecule has 1 rings (SSSR count). The topological polar surface area (TPSA) is 53.4 Å². The normalized spacial score (nSPS) is 11.4. The van der Waals surface area contributed by atoms with E-state index in [0.717, 1.165) is 10.7 Å². The molecule has 0 radical (unpaired) electrons. The smallest absolute Gasteiger partial charge is 0.435 e. The number of aryl methyl sites for hydroxylation is 1. The standard InChI is InChI=1S/C9H11F3N2O3/c1-3-16-8(15)5-17-7-4-6(9(10,11)12)13-14(7)2/h4H,3,5H2,1-2H3. The van der Waals surface area contributed by atoms with Crippen molar-refractivity contribution in [3.63, 3.8) is 0 Å². The van der Waals surface area contributed by atoms with Crippen molar-refractivity contribution in [2.45, 2.75) is 13.1 Å². The molecule has 0 aromatic carbocycles. The molecule has 1 heterocycles. The lowest BCUT2D eigenvalue weighted by Crippen LogP contribution is -2.15. The highest BCUT2D eigenvalue weighted by Crippen LogP contribution is 2.30. The maximum absolute atomic E-state index is 12.3. The third-order valence-corrected chi connectivity index (χ3v) is 1.77. The number of carbonyl (C=O) groups is 1. The molecule has 1 aromatic heterocycles. The summed E-state index contributed by atoms with van der Waals surface area (Å²) in [6.07, 6.45) is -4.54. The Morgan fingerprint density at radius 2 is 2.18 bits per heavy atom.